The van der Waals surface area contributed by atoms with Crippen LogP contribution in [0.4, 0.5) is 5.69 Å². The molecule has 0 atom stereocenters. The van der Waals surface area contributed by atoms with E-state index in [0.717, 1.165) is 23.8 Å². The summed E-state index contributed by atoms with van der Waals surface area (Å²) in [6, 6.07) is 5.37. The lowest BCUT2D eigenvalue weighted by Gasteiger charge is -2.09. The van der Waals surface area contributed by atoms with E-state index in [-0.39, 0.29) is 0 Å². The second kappa shape index (κ2) is 5.71. The zero-order valence-corrected chi connectivity index (χ0v) is 10.8. The second-order valence-electron chi connectivity index (χ2n) is 3.61. The van der Waals surface area contributed by atoms with E-state index in [1.54, 1.807) is 12.1 Å². The number of aryl methyl sites for hydroxylation is 1. The van der Waals surface area contributed by atoms with E-state index in [9.17, 15) is 8.42 Å². The van der Waals surface area contributed by atoms with E-state index >= 15 is 0 Å². The molecule has 0 fully saturated rings. The highest BCUT2D eigenvalue weighted by atomic mass is 32.2. The molecule has 1 aromatic rings. The zero-order valence-electron chi connectivity index (χ0n) is 9.95. The van der Waals surface area contributed by atoms with Crippen LogP contribution in [0, 0.1) is 11.8 Å². The van der Waals surface area contributed by atoms with E-state index in [1.807, 2.05) is 13.0 Å². The summed E-state index contributed by atoms with van der Waals surface area (Å²) in [5, 5.41) is 0. The van der Waals surface area contributed by atoms with E-state index in [0.29, 0.717) is 12.2 Å². The Morgan fingerprint density at radius 1 is 1.41 bits per heavy atom. The summed E-state index contributed by atoms with van der Waals surface area (Å²) in [6.07, 6.45) is 1.87. The van der Waals surface area contributed by atoms with Crippen molar-refractivity contribution in [3.8, 4) is 11.8 Å². The summed E-state index contributed by atoms with van der Waals surface area (Å²) < 4.78 is 24.8. The van der Waals surface area contributed by atoms with Gasteiger partial charge in [-0.1, -0.05) is 18.8 Å². The third kappa shape index (κ3) is 4.47. The number of anilines is 1. The SMILES string of the molecule is CCc1cc(C#CCN)ccc1NS(C)(=O)=O. The normalized spacial score (nSPS) is 10.5. The van der Waals surface area contributed by atoms with Gasteiger partial charge >= 0.3 is 0 Å². The van der Waals surface area contributed by atoms with Gasteiger partial charge in [-0.25, -0.2) is 8.42 Å². The van der Waals surface area contributed by atoms with Crippen LogP contribution in [-0.2, 0) is 16.4 Å². The molecule has 0 heterocycles. The molecular weight excluding hydrogens is 236 g/mol. The van der Waals surface area contributed by atoms with E-state index in [2.05, 4.69) is 16.6 Å². The van der Waals surface area contributed by atoms with Gasteiger partial charge in [-0.2, -0.15) is 0 Å². The summed E-state index contributed by atoms with van der Waals surface area (Å²) in [5.74, 6) is 5.68. The summed E-state index contributed by atoms with van der Waals surface area (Å²) in [4.78, 5) is 0. The summed E-state index contributed by atoms with van der Waals surface area (Å²) in [7, 11) is -3.25. The van der Waals surface area contributed by atoms with Gasteiger partial charge < -0.3 is 5.73 Å². The maximum Gasteiger partial charge on any atom is 0.229 e. The zero-order chi connectivity index (χ0) is 12.9. The number of sulfonamides is 1. The molecule has 1 rings (SSSR count). The minimum absolute atomic E-state index is 0.310. The smallest absolute Gasteiger partial charge is 0.229 e. The molecule has 5 heteroatoms. The molecule has 0 aliphatic carbocycles. The van der Waals surface area contributed by atoms with Crippen molar-refractivity contribution in [2.75, 3.05) is 17.5 Å². The van der Waals surface area contributed by atoms with Crippen molar-refractivity contribution >= 4 is 15.7 Å². The molecule has 0 bridgehead atoms. The molecule has 4 nitrogen and oxygen atoms in total. The molecule has 0 aliphatic rings. The van der Waals surface area contributed by atoms with Gasteiger partial charge in [0.05, 0.1) is 18.5 Å². The highest BCUT2D eigenvalue weighted by Crippen LogP contribution is 2.18. The highest BCUT2D eigenvalue weighted by Gasteiger charge is 2.06. The van der Waals surface area contributed by atoms with Gasteiger partial charge in [-0.15, -0.1) is 0 Å². The molecule has 0 saturated heterocycles. The Hall–Kier alpha value is -1.51. The lowest BCUT2D eigenvalue weighted by molar-refractivity contribution is 0.606. The molecular formula is C12H16N2O2S. The minimum atomic E-state index is -3.25. The van der Waals surface area contributed by atoms with Crippen LogP contribution in [0.5, 0.6) is 0 Å². The third-order valence-corrected chi connectivity index (χ3v) is 2.71. The number of rotatable bonds is 3. The van der Waals surface area contributed by atoms with Crippen molar-refractivity contribution in [3.05, 3.63) is 29.3 Å². The fourth-order valence-corrected chi connectivity index (χ4v) is 2.01. The molecule has 0 aromatic heterocycles. The Kier molecular flexibility index (Phi) is 4.55. The standard InChI is InChI=1S/C12H16N2O2S/c1-3-11-9-10(5-4-8-13)6-7-12(11)14-17(2,15)16/h6-7,9,14H,3,8,13H2,1-2H3. The first kappa shape index (κ1) is 13.6. The Balaban J connectivity index is 3.09. The van der Waals surface area contributed by atoms with Crippen molar-refractivity contribution in [2.45, 2.75) is 13.3 Å². The molecule has 0 radical (unpaired) electrons. The van der Waals surface area contributed by atoms with Gasteiger partial charge in [0.1, 0.15) is 0 Å². The highest BCUT2D eigenvalue weighted by molar-refractivity contribution is 7.92. The van der Waals surface area contributed by atoms with Crippen molar-refractivity contribution in [2.24, 2.45) is 5.73 Å². The first-order valence-electron chi connectivity index (χ1n) is 5.26. The Morgan fingerprint density at radius 3 is 2.65 bits per heavy atom. The maximum absolute atomic E-state index is 11.2. The largest absolute Gasteiger partial charge is 0.320 e. The van der Waals surface area contributed by atoms with Crippen molar-refractivity contribution in [3.63, 3.8) is 0 Å². The molecule has 0 aliphatic heterocycles. The van der Waals surface area contributed by atoms with E-state index < -0.39 is 10.0 Å². The Labute approximate surface area is 102 Å². The van der Waals surface area contributed by atoms with Crippen LogP contribution in [0.3, 0.4) is 0 Å². The van der Waals surface area contributed by atoms with Crippen LogP contribution < -0.4 is 10.5 Å². The van der Waals surface area contributed by atoms with Crippen molar-refractivity contribution < 1.29 is 8.42 Å². The van der Waals surface area contributed by atoms with Crippen LogP contribution in [0.1, 0.15) is 18.1 Å². The predicted octanol–water partition coefficient (Wildman–Crippen LogP) is 0.931. The van der Waals surface area contributed by atoms with E-state index in [1.165, 1.54) is 0 Å². The van der Waals surface area contributed by atoms with Crippen LogP contribution in [0.15, 0.2) is 18.2 Å². The number of nitrogens with one attached hydrogen (secondary N) is 1. The monoisotopic (exact) mass is 252 g/mol. The van der Waals surface area contributed by atoms with Gasteiger partial charge in [0.25, 0.3) is 0 Å². The van der Waals surface area contributed by atoms with Gasteiger partial charge in [0.2, 0.25) is 10.0 Å². The topological polar surface area (TPSA) is 72.2 Å². The molecule has 0 saturated carbocycles. The minimum Gasteiger partial charge on any atom is -0.320 e. The number of nitrogens with two attached hydrogens (primary N) is 1. The third-order valence-electron chi connectivity index (χ3n) is 2.12. The molecule has 92 valence electrons. The average Bonchev–Trinajstić information content (AvgIpc) is 2.25. The molecule has 3 N–H and O–H groups in total. The second-order valence-corrected chi connectivity index (χ2v) is 5.35. The van der Waals surface area contributed by atoms with Crippen molar-refractivity contribution in [1.82, 2.24) is 0 Å². The quantitative estimate of drug-likeness (QED) is 0.786. The molecule has 0 amide bonds. The van der Waals surface area contributed by atoms with Gasteiger partial charge in [-0.3, -0.25) is 4.72 Å². The van der Waals surface area contributed by atoms with Crippen LogP contribution in [0.25, 0.3) is 0 Å². The van der Waals surface area contributed by atoms with Gasteiger partial charge in [0.15, 0.2) is 0 Å². The first-order valence-corrected chi connectivity index (χ1v) is 7.15. The van der Waals surface area contributed by atoms with Crippen molar-refractivity contribution in [1.29, 1.82) is 0 Å². The maximum atomic E-state index is 11.2. The fourth-order valence-electron chi connectivity index (χ4n) is 1.42. The number of benzene rings is 1. The molecule has 0 spiro atoms. The first-order chi connectivity index (χ1) is 7.96. The predicted molar refractivity (Wildman–Crippen MR) is 70.2 cm³/mol. The van der Waals surface area contributed by atoms with Crippen LogP contribution >= 0.6 is 0 Å². The average molecular weight is 252 g/mol. The van der Waals surface area contributed by atoms with Gasteiger partial charge in [0, 0.05) is 5.56 Å². The Bertz CT molecular complexity index is 554. The summed E-state index contributed by atoms with van der Waals surface area (Å²) >= 11 is 0. The summed E-state index contributed by atoms with van der Waals surface area (Å²) in [6.45, 7) is 2.27. The molecule has 17 heavy (non-hydrogen) atoms. The fraction of sp³-hybridized carbons (Fsp3) is 0.333. The van der Waals surface area contributed by atoms with Crippen LogP contribution in [-0.4, -0.2) is 21.2 Å². The molecule has 1 aromatic carbocycles. The number of hydrogen-bond donors (Lipinski definition) is 2. The van der Waals surface area contributed by atoms with Crippen LogP contribution in [0.2, 0.25) is 0 Å². The van der Waals surface area contributed by atoms with Gasteiger partial charge in [-0.05, 0) is 30.2 Å². The molecule has 0 unspecified atom stereocenters. The van der Waals surface area contributed by atoms with E-state index in [4.69, 9.17) is 5.73 Å². The number of hydrogen-bond acceptors (Lipinski definition) is 3. The summed E-state index contributed by atoms with van der Waals surface area (Å²) in [5.41, 5.74) is 7.65. The lowest BCUT2D eigenvalue weighted by Crippen LogP contribution is -2.11. The lowest BCUT2D eigenvalue weighted by atomic mass is 10.1. The Morgan fingerprint density at radius 2 is 2.12 bits per heavy atom.